The Hall–Kier alpha value is -3.76. The third-order valence-electron chi connectivity index (χ3n) is 6.88. The van der Waals surface area contributed by atoms with E-state index in [4.69, 9.17) is 9.47 Å². The fraction of sp³-hybridized carbons (Fsp3) is 0.571. The monoisotopic (exact) mass is 541 g/mol. The van der Waals surface area contributed by atoms with E-state index < -0.39 is 5.60 Å². The van der Waals surface area contributed by atoms with Crippen LogP contribution in [0.15, 0.2) is 42.2 Å². The Balaban J connectivity index is 1.12. The quantitative estimate of drug-likeness (QED) is 0.375. The highest BCUT2D eigenvalue weighted by molar-refractivity contribution is 5.95. The third kappa shape index (κ3) is 7.64. The zero-order chi connectivity index (χ0) is 28.0. The van der Waals surface area contributed by atoms with Gasteiger partial charge in [0.25, 0.3) is 11.8 Å². The summed E-state index contributed by atoms with van der Waals surface area (Å²) in [4.78, 5) is 56.9. The molecule has 0 saturated carbocycles. The lowest BCUT2D eigenvalue weighted by molar-refractivity contribution is -0.147. The molecule has 2 saturated heterocycles. The van der Waals surface area contributed by atoms with Gasteiger partial charge in [-0.1, -0.05) is 18.2 Å². The molecule has 0 spiro atoms. The van der Waals surface area contributed by atoms with Crippen LogP contribution in [0, 0.1) is 0 Å². The van der Waals surface area contributed by atoms with Gasteiger partial charge < -0.3 is 34.4 Å². The molecule has 11 heteroatoms. The number of piperidine rings is 1. The molecule has 11 nitrogen and oxygen atoms in total. The van der Waals surface area contributed by atoms with Crippen LogP contribution in [0.1, 0.15) is 63.2 Å². The van der Waals surface area contributed by atoms with E-state index in [2.05, 4.69) is 5.32 Å². The first-order chi connectivity index (χ1) is 18.6. The highest BCUT2D eigenvalue weighted by Gasteiger charge is 2.42. The van der Waals surface area contributed by atoms with Crippen molar-refractivity contribution in [2.24, 2.45) is 0 Å². The van der Waals surface area contributed by atoms with Gasteiger partial charge in [-0.05, 0) is 58.6 Å². The van der Waals surface area contributed by atoms with E-state index in [1.165, 1.54) is 0 Å². The van der Waals surface area contributed by atoms with Crippen LogP contribution in [0.5, 0.6) is 0 Å². The van der Waals surface area contributed by atoms with Gasteiger partial charge in [0, 0.05) is 43.9 Å². The van der Waals surface area contributed by atoms with E-state index in [9.17, 15) is 19.2 Å². The molecule has 3 amide bonds. The topological polar surface area (TPSA) is 112 Å². The van der Waals surface area contributed by atoms with Crippen LogP contribution >= 0.6 is 0 Å². The van der Waals surface area contributed by atoms with Crippen molar-refractivity contribution in [3.63, 3.8) is 0 Å². The number of likely N-dealkylation sites (tertiary alicyclic amines) is 1. The zero-order valence-corrected chi connectivity index (χ0v) is 23.1. The number of unbranched alkanes of at least 4 members (excludes halogenated alkanes) is 1. The number of esters is 1. The molecule has 1 aromatic carbocycles. The highest BCUT2D eigenvalue weighted by atomic mass is 16.6. The molecular formula is C28H39N5O6. The first-order valence-corrected chi connectivity index (χ1v) is 13.6. The van der Waals surface area contributed by atoms with Gasteiger partial charge in [-0.3, -0.25) is 14.4 Å². The fourth-order valence-electron chi connectivity index (χ4n) is 4.86. The largest absolute Gasteiger partial charge is 0.444 e. The molecule has 1 aromatic rings. The molecule has 4 rings (SSSR count). The smallest absolute Gasteiger partial charge is 0.410 e. The van der Waals surface area contributed by atoms with Crippen molar-refractivity contribution in [1.82, 2.24) is 24.9 Å². The minimum Gasteiger partial charge on any atom is -0.444 e. The number of nitrogens with one attached hydrogen (secondary N) is 1. The summed E-state index contributed by atoms with van der Waals surface area (Å²) in [6, 6.07) is 9.08. The molecule has 0 aliphatic carbocycles. The summed E-state index contributed by atoms with van der Waals surface area (Å²) in [5.74, 6) is -0.461. The molecule has 212 valence electrons. The number of ether oxygens (including phenoxy) is 2. The maximum Gasteiger partial charge on any atom is 0.410 e. The molecule has 1 N–H and O–H groups in total. The number of nitrogens with zero attached hydrogens (tertiary/aromatic N) is 4. The molecule has 0 aromatic heterocycles. The van der Waals surface area contributed by atoms with Crippen molar-refractivity contribution >= 4 is 23.9 Å². The molecule has 0 radical (unpaired) electrons. The Morgan fingerprint density at radius 3 is 2.41 bits per heavy atom. The second-order valence-electron chi connectivity index (χ2n) is 11.1. The number of benzene rings is 1. The van der Waals surface area contributed by atoms with Gasteiger partial charge in [0.2, 0.25) is 0 Å². The van der Waals surface area contributed by atoms with E-state index in [-0.39, 0.29) is 43.1 Å². The van der Waals surface area contributed by atoms with Gasteiger partial charge in [0.15, 0.2) is 6.73 Å². The van der Waals surface area contributed by atoms with Crippen LogP contribution < -0.4 is 5.32 Å². The van der Waals surface area contributed by atoms with Gasteiger partial charge in [-0.15, -0.1) is 0 Å². The standard InChI is InChI=1S/C28H39N5O6/c1-28(2,3)39-27(37)31-15-12-22(13-16-31)33-19-32-18-30(17-23(32)26(33)36)20-38-24(34)11-7-8-14-29-25(35)21-9-5-4-6-10-21/h4-6,9-10,17,22H,7-8,11-16,18-20H2,1-3H3,(H,29,35). The predicted octanol–water partition coefficient (Wildman–Crippen LogP) is 2.70. The molecule has 0 unspecified atom stereocenters. The average Bonchev–Trinajstić information content (AvgIpc) is 3.45. The molecule has 3 aliphatic heterocycles. The molecule has 3 aliphatic rings. The van der Waals surface area contributed by atoms with E-state index in [1.807, 2.05) is 53.7 Å². The van der Waals surface area contributed by atoms with Crippen LogP contribution in [0.3, 0.4) is 0 Å². The third-order valence-corrected chi connectivity index (χ3v) is 6.88. The number of rotatable bonds is 9. The zero-order valence-electron chi connectivity index (χ0n) is 23.1. The van der Waals surface area contributed by atoms with Gasteiger partial charge in [-0.2, -0.15) is 0 Å². The van der Waals surface area contributed by atoms with E-state index in [1.54, 1.807) is 23.2 Å². The first kappa shape index (κ1) is 28.3. The summed E-state index contributed by atoms with van der Waals surface area (Å²) in [5, 5.41) is 2.85. The van der Waals surface area contributed by atoms with Crippen molar-refractivity contribution in [3.05, 3.63) is 47.8 Å². The molecule has 0 atom stereocenters. The van der Waals surface area contributed by atoms with Crippen LogP contribution in [-0.4, -0.2) is 94.8 Å². The van der Waals surface area contributed by atoms with Crippen molar-refractivity contribution < 1.29 is 28.7 Å². The summed E-state index contributed by atoms with van der Waals surface area (Å²) in [6.07, 6.45) is 4.43. The summed E-state index contributed by atoms with van der Waals surface area (Å²) in [7, 11) is 0. The molecule has 0 bridgehead atoms. The lowest BCUT2D eigenvalue weighted by Crippen LogP contribution is -2.49. The number of carbonyl (C=O) groups is 4. The maximum absolute atomic E-state index is 13.1. The van der Waals surface area contributed by atoms with E-state index >= 15 is 0 Å². The van der Waals surface area contributed by atoms with Gasteiger partial charge in [-0.25, -0.2) is 4.79 Å². The van der Waals surface area contributed by atoms with Crippen LogP contribution in [0.25, 0.3) is 0 Å². The van der Waals surface area contributed by atoms with Crippen LogP contribution in [-0.2, 0) is 19.1 Å². The lowest BCUT2D eigenvalue weighted by atomic mass is 10.0. The van der Waals surface area contributed by atoms with Crippen LogP contribution in [0.2, 0.25) is 0 Å². The highest BCUT2D eigenvalue weighted by Crippen LogP contribution is 2.30. The Bertz CT molecular complexity index is 1080. The molecule has 2 fully saturated rings. The molecule has 3 heterocycles. The number of hydrogen-bond acceptors (Lipinski definition) is 8. The van der Waals surface area contributed by atoms with Gasteiger partial charge in [0.1, 0.15) is 11.3 Å². The number of amides is 3. The number of hydrogen-bond donors (Lipinski definition) is 1. The van der Waals surface area contributed by atoms with Gasteiger partial charge in [0.05, 0.1) is 13.3 Å². The predicted molar refractivity (Wildman–Crippen MR) is 143 cm³/mol. The first-order valence-electron chi connectivity index (χ1n) is 13.6. The minimum atomic E-state index is -0.530. The SMILES string of the molecule is CC(C)(C)OC(=O)N1CCC(N2CN3CN(COC(=O)CCCCNC(=O)c4ccccc4)C=C3C2=O)CC1. The van der Waals surface area contributed by atoms with Crippen molar-refractivity contribution in [2.75, 3.05) is 39.7 Å². The maximum atomic E-state index is 13.1. The summed E-state index contributed by atoms with van der Waals surface area (Å²) in [5.41, 5.74) is 0.690. The summed E-state index contributed by atoms with van der Waals surface area (Å²) < 4.78 is 10.8. The van der Waals surface area contributed by atoms with Crippen LogP contribution in [0.4, 0.5) is 4.79 Å². The Labute approximate surface area is 229 Å². The van der Waals surface area contributed by atoms with Gasteiger partial charge >= 0.3 is 12.1 Å². The fourth-order valence-corrected chi connectivity index (χ4v) is 4.86. The molecule has 39 heavy (non-hydrogen) atoms. The Kier molecular flexibility index (Phi) is 8.98. The second kappa shape index (κ2) is 12.4. The van der Waals surface area contributed by atoms with Crippen molar-refractivity contribution in [3.8, 4) is 0 Å². The Morgan fingerprint density at radius 2 is 1.74 bits per heavy atom. The minimum absolute atomic E-state index is 0.0305. The normalized spacial score (nSPS) is 17.7. The Morgan fingerprint density at radius 1 is 1.03 bits per heavy atom. The molecular weight excluding hydrogens is 502 g/mol. The summed E-state index contributed by atoms with van der Waals surface area (Å²) in [6.45, 7) is 8.22. The number of fused-ring (bicyclic) bond motifs is 1. The summed E-state index contributed by atoms with van der Waals surface area (Å²) >= 11 is 0. The second-order valence-corrected chi connectivity index (χ2v) is 11.1. The van der Waals surface area contributed by atoms with Crippen molar-refractivity contribution in [2.45, 2.75) is 64.5 Å². The van der Waals surface area contributed by atoms with E-state index in [0.29, 0.717) is 69.9 Å². The average molecular weight is 542 g/mol. The van der Waals surface area contributed by atoms with E-state index in [0.717, 1.165) is 0 Å². The number of carbonyl (C=O) groups excluding carboxylic acids is 4. The van der Waals surface area contributed by atoms with Crippen molar-refractivity contribution in [1.29, 1.82) is 0 Å². The lowest BCUT2D eigenvalue weighted by Gasteiger charge is -2.37.